The number of aliphatic imine (C=N–C) groups is 1. The van der Waals surface area contributed by atoms with Crippen LogP contribution in [0.3, 0.4) is 0 Å². The summed E-state index contributed by atoms with van der Waals surface area (Å²) in [5, 5.41) is 12.1. The van der Waals surface area contributed by atoms with Crippen LogP contribution in [-0.2, 0) is 0 Å². The molecule has 0 spiro atoms. The normalized spacial score (nSPS) is 14.6. The van der Waals surface area contributed by atoms with Crippen LogP contribution < -0.4 is 5.32 Å². The predicted octanol–water partition coefficient (Wildman–Crippen LogP) is 0.438. The van der Waals surface area contributed by atoms with Crippen LogP contribution in [0.5, 0.6) is 0 Å². The first-order chi connectivity index (χ1) is 7.20. The SMILES string of the molecule is Cc1ccnc(C2=NCCN2)c1C(=O)O. The van der Waals surface area contributed by atoms with Gasteiger partial charge in [-0.15, -0.1) is 0 Å². The third-order valence-electron chi connectivity index (χ3n) is 2.27. The van der Waals surface area contributed by atoms with Crippen LogP contribution in [0.4, 0.5) is 0 Å². The molecule has 0 radical (unpaired) electrons. The lowest BCUT2D eigenvalue weighted by atomic mass is 10.1. The van der Waals surface area contributed by atoms with Crippen LogP contribution in [0.25, 0.3) is 0 Å². The maximum Gasteiger partial charge on any atom is 0.338 e. The summed E-state index contributed by atoms with van der Waals surface area (Å²) in [6.45, 7) is 3.16. The summed E-state index contributed by atoms with van der Waals surface area (Å²) in [5.74, 6) is -0.386. The van der Waals surface area contributed by atoms with Gasteiger partial charge in [0.2, 0.25) is 0 Å². The molecule has 15 heavy (non-hydrogen) atoms. The Morgan fingerprint density at radius 2 is 2.40 bits per heavy atom. The van der Waals surface area contributed by atoms with Crippen LogP contribution in [0.2, 0.25) is 0 Å². The molecule has 1 aromatic heterocycles. The van der Waals surface area contributed by atoms with Gasteiger partial charge in [0.15, 0.2) is 0 Å². The van der Waals surface area contributed by atoms with E-state index in [1.165, 1.54) is 0 Å². The lowest BCUT2D eigenvalue weighted by molar-refractivity contribution is 0.0695. The molecule has 0 fully saturated rings. The molecule has 2 N–H and O–H groups in total. The number of aryl methyl sites for hydroxylation is 1. The van der Waals surface area contributed by atoms with Crippen molar-refractivity contribution in [1.82, 2.24) is 10.3 Å². The average molecular weight is 205 g/mol. The van der Waals surface area contributed by atoms with Gasteiger partial charge in [-0.3, -0.25) is 9.98 Å². The molecule has 1 aliphatic heterocycles. The van der Waals surface area contributed by atoms with E-state index in [2.05, 4.69) is 15.3 Å². The van der Waals surface area contributed by atoms with Crippen LogP contribution in [0.1, 0.15) is 21.6 Å². The standard InChI is InChI=1S/C10H11N3O2/c1-6-2-3-11-8(7(6)10(14)15)9-12-4-5-13-9/h2-3H,4-5H2,1H3,(H,12,13)(H,14,15). The van der Waals surface area contributed by atoms with E-state index in [1.54, 1.807) is 19.2 Å². The van der Waals surface area contributed by atoms with E-state index in [0.717, 1.165) is 6.54 Å². The van der Waals surface area contributed by atoms with Crippen molar-refractivity contribution >= 4 is 11.8 Å². The van der Waals surface area contributed by atoms with E-state index >= 15 is 0 Å². The molecule has 2 rings (SSSR count). The summed E-state index contributed by atoms with van der Waals surface area (Å²) in [5.41, 5.74) is 1.36. The first-order valence-electron chi connectivity index (χ1n) is 4.67. The third kappa shape index (κ3) is 1.68. The molecule has 0 unspecified atom stereocenters. The molecule has 5 nitrogen and oxygen atoms in total. The number of aromatic nitrogens is 1. The van der Waals surface area contributed by atoms with Gasteiger partial charge in [-0.25, -0.2) is 4.79 Å². The fourth-order valence-corrected chi connectivity index (χ4v) is 1.56. The van der Waals surface area contributed by atoms with E-state index < -0.39 is 5.97 Å². The van der Waals surface area contributed by atoms with Crippen molar-refractivity contribution in [1.29, 1.82) is 0 Å². The first kappa shape index (κ1) is 9.64. The van der Waals surface area contributed by atoms with Crippen LogP contribution in [-0.4, -0.2) is 35.0 Å². The fourth-order valence-electron chi connectivity index (χ4n) is 1.56. The van der Waals surface area contributed by atoms with Crippen molar-refractivity contribution < 1.29 is 9.90 Å². The smallest absolute Gasteiger partial charge is 0.338 e. The number of carboxylic acid groups (broad SMARTS) is 1. The molecule has 1 aromatic rings. The van der Waals surface area contributed by atoms with E-state index in [9.17, 15) is 4.79 Å². The van der Waals surface area contributed by atoms with Crippen LogP contribution in [0.15, 0.2) is 17.3 Å². The quantitative estimate of drug-likeness (QED) is 0.734. The van der Waals surface area contributed by atoms with Crippen molar-refractivity contribution in [3.8, 4) is 0 Å². The number of pyridine rings is 1. The average Bonchev–Trinajstić information content (AvgIpc) is 2.69. The summed E-state index contributed by atoms with van der Waals surface area (Å²) in [6, 6.07) is 1.68. The molecular formula is C10H11N3O2. The summed E-state index contributed by atoms with van der Waals surface area (Å²) < 4.78 is 0. The molecule has 5 heteroatoms. The molecule has 1 aliphatic rings. The number of hydrogen-bond donors (Lipinski definition) is 2. The van der Waals surface area contributed by atoms with Gasteiger partial charge in [-0.2, -0.15) is 0 Å². The maximum absolute atomic E-state index is 11.1. The van der Waals surface area contributed by atoms with Crippen LogP contribution >= 0.6 is 0 Å². The summed E-state index contributed by atoms with van der Waals surface area (Å²) in [6.07, 6.45) is 1.60. The number of aromatic carboxylic acids is 1. The molecule has 0 aromatic carbocycles. The van der Waals surface area contributed by atoms with E-state index in [4.69, 9.17) is 5.11 Å². The van der Waals surface area contributed by atoms with Crippen molar-refractivity contribution in [3.05, 3.63) is 29.1 Å². The van der Waals surface area contributed by atoms with Crippen molar-refractivity contribution in [2.45, 2.75) is 6.92 Å². The van der Waals surface area contributed by atoms with Crippen molar-refractivity contribution in [3.63, 3.8) is 0 Å². The number of carboxylic acids is 1. The highest BCUT2D eigenvalue weighted by Crippen LogP contribution is 2.13. The highest BCUT2D eigenvalue weighted by molar-refractivity contribution is 6.07. The van der Waals surface area contributed by atoms with Crippen LogP contribution in [0, 0.1) is 6.92 Å². The Bertz CT molecular complexity index is 440. The molecule has 0 saturated heterocycles. The summed E-state index contributed by atoms with van der Waals surface area (Å²) >= 11 is 0. The van der Waals surface area contributed by atoms with Gasteiger partial charge in [0.1, 0.15) is 11.5 Å². The minimum atomic E-state index is -0.966. The van der Waals surface area contributed by atoms with E-state index in [1.807, 2.05) is 0 Å². The molecule has 2 heterocycles. The Morgan fingerprint density at radius 3 is 3.00 bits per heavy atom. The predicted molar refractivity (Wildman–Crippen MR) is 55.3 cm³/mol. The fraction of sp³-hybridized carbons (Fsp3) is 0.300. The Balaban J connectivity index is 2.55. The van der Waals surface area contributed by atoms with Gasteiger partial charge >= 0.3 is 5.97 Å². The second-order valence-corrected chi connectivity index (χ2v) is 3.31. The largest absolute Gasteiger partial charge is 0.478 e. The monoisotopic (exact) mass is 205 g/mol. The number of nitrogens with zero attached hydrogens (tertiary/aromatic N) is 2. The van der Waals surface area contributed by atoms with Gasteiger partial charge in [0.25, 0.3) is 0 Å². The Kier molecular flexibility index (Phi) is 2.37. The topological polar surface area (TPSA) is 74.6 Å². The minimum absolute atomic E-state index is 0.227. The molecular weight excluding hydrogens is 194 g/mol. The molecule has 0 bridgehead atoms. The number of nitrogens with one attached hydrogen (secondary N) is 1. The highest BCUT2D eigenvalue weighted by Gasteiger charge is 2.20. The van der Waals surface area contributed by atoms with Gasteiger partial charge in [0, 0.05) is 12.7 Å². The molecule has 0 saturated carbocycles. The van der Waals surface area contributed by atoms with Gasteiger partial charge in [-0.05, 0) is 18.6 Å². The van der Waals surface area contributed by atoms with Crippen molar-refractivity contribution in [2.75, 3.05) is 13.1 Å². The van der Waals surface area contributed by atoms with Gasteiger partial charge in [-0.1, -0.05) is 0 Å². The lowest BCUT2D eigenvalue weighted by Gasteiger charge is -2.07. The van der Waals surface area contributed by atoms with E-state index in [0.29, 0.717) is 23.6 Å². The highest BCUT2D eigenvalue weighted by atomic mass is 16.4. The molecule has 0 aliphatic carbocycles. The maximum atomic E-state index is 11.1. The summed E-state index contributed by atoms with van der Waals surface area (Å²) in [7, 11) is 0. The minimum Gasteiger partial charge on any atom is -0.478 e. The molecule has 0 amide bonds. The molecule has 78 valence electrons. The Hall–Kier alpha value is -1.91. The number of amidine groups is 1. The second kappa shape index (κ2) is 3.68. The zero-order valence-corrected chi connectivity index (χ0v) is 8.32. The van der Waals surface area contributed by atoms with Crippen molar-refractivity contribution in [2.24, 2.45) is 4.99 Å². The zero-order chi connectivity index (χ0) is 10.8. The molecule has 0 atom stereocenters. The zero-order valence-electron chi connectivity index (χ0n) is 8.32. The Labute approximate surface area is 86.9 Å². The number of rotatable bonds is 2. The number of carbonyl (C=O) groups is 1. The number of hydrogen-bond acceptors (Lipinski definition) is 4. The summed E-state index contributed by atoms with van der Waals surface area (Å²) in [4.78, 5) is 19.3. The van der Waals surface area contributed by atoms with E-state index in [-0.39, 0.29) is 5.56 Å². The van der Waals surface area contributed by atoms with Gasteiger partial charge < -0.3 is 10.4 Å². The lowest BCUT2D eigenvalue weighted by Crippen LogP contribution is -2.24. The Morgan fingerprint density at radius 1 is 1.60 bits per heavy atom. The third-order valence-corrected chi connectivity index (χ3v) is 2.27. The first-order valence-corrected chi connectivity index (χ1v) is 4.67. The second-order valence-electron chi connectivity index (χ2n) is 3.31. The van der Waals surface area contributed by atoms with Gasteiger partial charge in [0.05, 0.1) is 12.1 Å².